The molecule has 1 fully saturated rings. The van der Waals surface area contributed by atoms with Gasteiger partial charge in [0.1, 0.15) is 0 Å². The molecule has 1 rings (SSSR count). The van der Waals surface area contributed by atoms with Gasteiger partial charge in [0.2, 0.25) is 8.32 Å². The van der Waals surface area contributed by atoms with Gasteiger partial charge in [-0.05, 0) is 45.7 Å². The molecule has 0 amide bonds. The van der Waals surface area contributed by atoms with Crippen molar-refractivity contribution in [2.24, 2.45) is 11.7 Å². The molecule has 1 aliphatic rings. The van der Waals surface area contributed by atoms with Gasteiger partial charge in [-0.3, -0.25) is 5.32 Å². The van der Waals surface area contributed by atoms with E-state index in [0.717, 1.165) is 0 Å². The summed E-state index contributed by atoms with van der Waals surface area (Å²) < 4.78 is 6.51. The Morgan fingerprint density at radius 2 is 1.88 bits per heavy atom. The van der Waals surface area contributed by atoms with Crippen molar-refractivity contribution in [3.05, 3.63) is 0 Å². The fourth-order valence-electron chi connectivity index (χ4n) is 3.17. The Balaban J connectivity index is 2.83. The van der Waals surface area contributed by atoms with Crippen molar-refractivity contribution in [2.75, 3.05) is 0 Å². The minimum absolute atomic E-state index is 0.0420. The lowest BCUT2D eigenvalue weighted by molar-refractivity contribution is 0.0623. The Labute approximate surface area is 108 Å². The van der Waals surface area contributed by atoms with E-state index in [1.54, 1.807) is 0 Å². The van der Waals surface area contributed by atoms with Crippen LogP contribution in [0.3, 0.4) is 0 Å². The van der Waals surface area contributed by atoms with Crippen molar-refractivity contribution in [2.45, 2.75) is 77.5 Å². The van der Waals surface area contributed by atoms with E-state index in [1.807, 2.05) is 6.92 Å². The largest absolute Gasteiger partial charge is 0.411 e. The van der Waals surface area contributed by atoms with Gasteiger partial charge in [-0.2, -0.15) is 0 Å². The fraction of sp³-hybridized carbons (Fsp3) is 1.00. The SMILES string of the molecule is CC(N)NC(C(C)C)[Si]1(C)CCCC(C)(C)O1. The Morgan fingerprint density at radius 3 is 2.29 bits per heavy atom. The van der Waals surface area contributed by atoms with Gasteiger partial charge < -0.3 is 10.2 Å². The van der Waals surface area contributed by atoms with Gasteiger partial charge in [-0.1, -0.05) is 20.3 Å². The number of nitrogens with two attached hydrogens (primary N) is 1. The van der Waals surface area contributed by atoms with Crippen LogP contribution >= 0.6 is 0 Å². The molecule has 1 saturated heterocycles. The molecule has 4 heteroatoms. The van der Waals surface area contributed by atoms with Gasteiger partial charge >= 0.3 is 0 Å². The van der Waals surface area contributed by atoms with Crippen molar-refractivity contribution in [3.8, 4) is 0 Å². The molecule has 17 heavy (non-hydrogen) atoms. The Bertz CT molecular complexity index is 256. The smallest absolute Gasteiger partial charge is 0.207 e. The fourth-order valence-corrected chi connectivity index (χ4v) is 7.98. The lowest BCUT2D eigenvalue weighted by Crippen LogP contribution is -2.64. The number of nitrogens with one attached hydrogen (secondary N) is 1. The molecular weight excluding hydrogens is 228 g/mol. The number of hydrogen-bond acceptors (Lipinski definition) is 3. The molecule has 0 aromatic rings. The second kappa shape index (κ2) is 5.39. The van der Waals surface area contributed by atoms with Crippen LogP contribution in [0.15, 0.2) is 0 Å². The zero-order valence-electron chi connectivity index (χ0n) is 12.3. The molecule has 1 aliphatic heterocycles. The van der Waals surface area contributed by atoms with Crippen LogP contribution in [0.2, 0.25) is 12.6 Å². The van der Waals surface area contributed by atoms with Crippen molar-refractivity contribution in [1.29, 1.82) is 0 Å². The Morgan fingerprint density at radius 1 is 1.29 bits per heavy atom. The van der Waals surface area contributed by atoms with Crippen molar-refractivity contribution in [1.82, 2.24) is 5.32 Å². The molecule has 0 aliphatic carbocycles. The third-order valence-corrected chi connectivity index (χ3v) is 8.24. The molecule has 0 aromatic heterocycles. The van der Waals surface area contributed by atoms with E-state index in [0.29, 0.717) is 11.6 Å². The molecule has 0 bridgehead atoms. The average molecular weight is 258 g/mol. The van der Waals surface area contributed by atoms with Gasteiger partial charge in [0, 0.05) is 5.67 Å². The highest BCUT2D eigenvalue weighted by molar-refractivity contribution is 6.74. The van der Waals surface area contributed by atoms with Crippen LogP contribution < -0.4 is 11.1 Å². The molecular formula is C13H30N2OSi. The Kier molecular flexibility index (Phi) is 4.80. The predicted molar refractivity (Wildman–Crippen MR) is 76.2 cm³/mol. The summed E-state index contributed by atoms with van der Waals surface area (Å²) in [6.45, 7) is 13.4. The van der Waals surface area contributed by atoms with E-state index in [1.165, 1.54) is 18.9 Å². The van der Waals surface area contributed by atoms with E-state index in [9.17, 15) is 0 Å². The molecule has 102 valence electrons. The zero-order chi connectivity index (χ0) is 13.3. The lowest BCUT2D eigenvalue weighted by Gasteiger charge is -2.48. The van der Waals surface area contributed by atoms with E-state index >= 15 is 0 Å². The average Bonchev–Trinajstić information content (AvgIpc) is 2.11. The second-order valence-electron chi connectivity index (χ2n) is 6.71. The minimum atomic E-state index is -1.72. The maximum atomic E-state index is 6.51. The summed E-state index contributed by atoms with van der Waals surface area (Å²) in [5.41, 5.74) is 6.41. The third kappa shape index (κ3) is 4.05. The second-order valence-corrected chi connectivity index (χ2v) is 10.7. The molecule has 3 atom stereocenters. The topological polar surface area (TPSA) is 47.3 Å². The van der Waals surface area contributed by atoms with Gasteiger partial charge in [0.05, 0.1) is 11.8 Å². The van der Waals surface area contributed by atoms with Crippen molar-refractivity contribution < 1.29 is 4.43 Å². The van der Waals surface area contributed by atoms with Crippen LogP contribution in [-0.2, 0) is 4.43 Å². The maximum Gasteiger partial charge on any atom is 0.207 e. The first kappa shape index (κ1) is 15.2. The predicted octanol–water partition coefficient (Wildman–Crippen LogP) is 2.61. The summed E-state index contributed by atoms with van der Waals surface area (Å²) in [6.07, 6.45) is 2.51. The molecule has 3 unspecified atom stereocenters. The van der Waals surface area contributed by atoms with Crippen LogP contribution in [0.4, 0.5) is 0 Å². The summed E-state index contributed by atoms with van der Waals surface area (Å²) in [4.78, 5) is 0. The van der Waals surface area contributed by atoms with Crippen LogP contribution in [0, 0.1) is 5.92 Å². The first-order valence-corrected chi connectivity index (χ1v) is 9.57. The van der Waals surface area contributed by atoms with Gasteiger partial charge in [-0.15, -0.1) is 0 Å². The molecule has 0 radical (unpaired) electrons. The van der Waals surface area contributed by atoms with Gasteiger partial charge in [-0.25, -0.2) is 0 Å². The quantitative estimate of drug-likeness (QED) is 0.602. The van der Waals surface area contributed by atoms with Crippen LogP contribution in [0.5, 0.6) is 0 Å². The maximum absolute atomic E-state index is 6.51. The minimum Gasteiger partial charge on any atom is -0.411 e. The highest BCUT2D eigenvalue weighted by Crippen LogP contribution is 2.36. The Hall–Kier alpha value is 0.0969. The molecule has 3 N–H and O–H groups in total. The zero-order valence-corrected chi connectivity index (χ0v) is 13.3. The monoisotopic (exact) mass is 258 g/mol. The van der Waals surface area contributed by atoms with Crippen molar-refractivity contribution >= 4 is 8.32 Å². The standard InChI is InChI=1S/C13H30N2OSi/c1-10(2)12(15-11(3)14)17(6)9-7-8-13(4,5)16-17/h10-12,15H,7-9,14H2,1-6H3. The van der Waals surface area contributed by atoms with Crippen LogP contribution in [0.25, 0.3) is 0 Å². The van der Waals surface area contributed by atoms with E-state index < -0.39 is 8.32 Å². The normalized spacial score (nSPS) is 32.5. The summed E-state index contributed by atoms with van der Waals surface area (Å²) in [7, 11) is -1.72. The highest BCUT2D eigenvalue weighted by atomic mass is 28.4. The summed E-state index contributed by atoms with van der Waals surface area (Å²) >= 11 is 0. The first-order chi connectivity index (χ1) is 7.66. The number of hydrogen-bond donors (Lipinski definition) is 2. The highest BCUT2D eigenvalue weighted by Gasteiger charge is 2.46. The first-order valence-electron chi connectivity index (χ1n) is 6.88. The molecule has 3 nitrogen and oxygen atoms in total. The van der Waals surface area contributed by atoms with Gasteiger partial charge in [0.25, 0.3) is 0 Å². The van der Waals surface area contributed by atoms with E-state index in [4.69, 9.17) is 10.2 Å². The molecule has 0 spiro atoms. The van der Waals surface area contributed by atoms with Gasteiger partial charge in [0.15, 0.2) is 0 Å². The third-order valence-electron chi connectivity index (χ3n) is 3.73. The summed E-state index contributed by atoms with van der Waals surface area (Å²) in [5.74, 6) is 0.576. The van der Waals surface area contributed by atoms with E-state index in [2.05, 4.69) is 39.6 Å². The molecule has 1 heterocycles. The number of rotatable bonds is 4. The van der Waals surface area contributed by atoms with E-state index in [-0.39, 0.29) is 11.8 Å². The lowest BCUT2D eigenvalue weighted by atomic mass is 10.0. The summed E-state index contributed by atoms with van der Waals surface area (Å²) in [6, 6.07) is 1.25. The van der Waals surface area contributed by atoms with Crippen LogP contribution in [0.1, 0.15) is 47.5 Å². The van der Waals surface area contributed by atoms with Crippen LogP contribution in [-0.4, -0.2) is 25.7 Å². The molecule has 0 aromatic carbocycles. The molecule has 0 saturated carbocycles. The summed E-state index contributed by atoms with van der Waals surface area (Å²) in [5, 5.41) is 3.54. The van der Waals surface area contributed by atoms with Crippen molar-refractivity contribution in [3.63, 3.8) is 0 Å².